The average Bonchev–Trinajstić information content (AvgIpc) is 2.71. The molecule has 1 saturated heterocycles. The molecule has 0 radical (unpaired) electrons. The van der Waals surface area contributed by atoms with Crippen LogP contribution in [0.15, 0.2) is 48.5 Å². The van der Waals surface area contributed by atoms with Gasteiger partial charge in [-0.15, -0.1) is 0 Å². The molecule has 1 N–H and O–H groups in total. The van der Waals surface area contributed by atoms with E-state index in [9.17, 15) is 14.3 Å². The minimum atomic E-state index is -0.230. The summed E-state index contributed by atoms with van der Waals surface area (Å²) in [6.45, 7) is 6.29. The van der Waals surface area contributed by atoms with Crippen molar-refractivity contribution in [2.45, 2.75) is 38.9 Å². The highest BCUT2D eigenvalue weighted by atomic mass is 19.1. The van der Waals surface area contributed by atoms with Gasteiger partial charge in [0.1, 0.15) is 11.6 Å². The Hall–Kier alpha value is -2.44. The van der Waals surface area contributed by atoms with Crippen LogP contribution < -0.4 is 4.74 Å². The van der Waals surface area contributed by atoms with Gasteiger partial charge < -0.3 is 14.7 Å². The number of hydrogen-bond donors (Lipinski definition) is 1. The van der Waals surface area contributed by atoms with Gasteiger partial charge in [0.2, 0.25) is 0 Å². The van der Waals surface area contributed by atoms with E-state index in [4.69, 9.17) is 4.74 Å². The van der Waals surface area contributed by atoms with Crippen molar-refractivity contribution in [1.29, 1.82) is 0 Å². The third-order valence-electron chi connectivity index (χ3n) is 5.44. The number of para-hydroxylation sites is 1. The predicted molar refractivity (Wildman–Crippen MR) is 110 cm³/mol. The Balaban J connectivity index is 1.56. The molecule has 0 aliphatic carbocycles. The second-order valence-electron chi connectivity index (χ2n) is 7.67. The van der Waals surface area contributed by atoms with Crippen molar-refractivity contribution in [1.82, 2.24) is 9.80 Å². The van der Waals surface area contributed by atoms with Crippen LogP contribution >= 0.6 is 0 Å². The zero-order chi connectivity index (χ0) is 20.8. The summed E-state index contributed by atoms with van der Waals surface area (Å²) in [5, 5.41) is 9.18. The van der Waals surface area contributed by atoms with E-state index < -0.39 is 0 Å². The fraction of sp³-hybridized carbons (Fsp3) is 0.435. The van der Waals surface area contributed by atoms with Crippen molar-refractivity contribution >= 4 is 5.91 Å². The van der Waals surface area contributed by atoms with Crippen LogP contribution in [0.3, 0.4) is 0 Å². The van der Waals surface area contributed by atoms with E-state index in [1.165, 1.54) is 12.1 Å². The van der Waals surface area contributed by atoms with E-state index in [0.29, 0.717) is 18.7 Å². The van der Waals surface area contributed by atoms with Crippen LogP contribution in [0.4, 0.5) is 4.39 Å². The SMILES string of the molecule is C[C@@H]1CN(C(=O)COc2ccccc2CCO)[C@@H](C)CN1Cc1ccc(F)cc1. The van der Waals surface area contributed by atoms with E-state index in [-0.39, 0.29) is 37.0 Å². The number of hydrogen-bond acceptors (Lipinski definition) is 4. The highest BCUT2D eigenvalue weighted by molar-refractivity contribution is 5.78. The zero-order valence-corrected chi connectivity index (χ0v) is 17.1. The normalized spacial score (nSPS) is 19.9. The summed E-state index contributed by atoms with van der Waals surface area (Å²) in [6, 6.07) is 14.3. The molecule has 156 valence electrons. The molecule has 1 aliphatic heterocycles. The van der Waals surface area contributed by atoms with Crippen LogP contribution in [0, 0.1) is 5.82 Å². The number of nitrogens with zero attached hydrogens (tertiary/aromatic N) is 2. The standard InChI is InChI=1S/C23H29FN2O3/c1-17-14-26(18(2)13-25(17)15-19-7-9-21(24)10-8-19)23(28)16-29-22-6-4-3-5-20(22)11-12-27/h3-10,17-18,27H,11-16H2,1-2H3/t17-,18+/m1/s1. The van der Waals surface area contributed by atoms with Crippen molar-refractivity contribution in [3.8, 4) is 5.75 Å². The fourth-order valence-corrected chi connectivity index (χ4v) is 3.78. The summed E-state index contributed by atoms with van der Waals surface area (Å²) in [5.41, 5.74) is 1.96. The Bertz CT molecular complexity index is 812. The molecule has 1 heterocycles. The first kappa shape index (κ1) is 21.3. The molecule has 1 aliphatic rings. The number of benzene rings is 2. The number of rotatable bonds is 7. The Morgan fingerprint density at radius 3 is 2.55 bits per heavy atom. The van der Waals surface area contributed by atoms with Crippen molar-refractivity contribution in [3.05, 3.63) is 65.5 Å². The van der Waals surface area contributed by atoms with E-state index in [2.05, 4.69) is 11.8 Å². The maximum Gasteiger partial charge on any atom is 0.260 e. The van der Waals surface area contributed by atoms with Crippen LogP contribution in [0.5, 0.6) is 5.75 Å². The molecule has 3 rings (SSSR count). The highest BCUT2D eigenvalue weighted by Gasteiger charge is 2.32. The first-order valence-corrected chi connectivity index (χ1v) is 10.1. The molecule has 0 spiro atoms. The van der Waals surface area contributed by atoms with Gasteiger partial charge in [-0.25, -0.2) is 4.39 Å². The first-order valence-electron chi connectivity index (χ1n) is 10.1. The highest BCUT2D eigenvalue weighted by Crippen LogP contribution is 2.21. The molecule has 1 fully saturated rings. The minimum Gasteiger partial charge on any atom is -0.483 e. The van der Waals surface area contributed by atoms with Gasteiger partial charge >= 0.3 is 0 Å². The molecule has 0 saturated carbocycles. The minimum absolute atomic E-state index is 0.0164. The van der Waals surface area contributed by atoms with Crippen molar-refractivity contribution in [3.63, 3.8) is 0 Å². The molecule has 1 amide bonds. The van der Waals surface area contributed by atoms with Gasteiger partial charge in [-0.3, -0.25) is 9.69 Å². The largest absolute Gasteiger partial charge is 0.483 e. The molecule has 5 nitrogen and oxygen atoms in total. The van der Waals surface area contributed by atoms with Gasteiger partial charge in [0.15, 0.2) is 6.61 Å². The molecule has 0 bridgehead atoms. The monoisotopic (exact) mass is 400 g/mol. The van der Waals surface area contributed by atoms with Crippen LogP contribution in [0.25, 0.3) is 0 Å². The Labute approximate surface area is 171 Å². The number of ether oxygens (including phenoxy) is 1. The van der Waals surface area contributed by atoms with Gasteiger partial charge in [0.25, 0.3) is 5.91 Å². The number of carbonyl (C=O) groups excluding carboxylic acids is 1. The number of aliphatic hydroxyl groups excluding tert-OH is 1. The summed E-state index contributed by atoms with van der Waals surface area (Å²) in [7, 11) is 0. The van der Waals surface area contributed by atoms with Crippen LogP contribution in [0.2, 0.25) is 0 Å². The van der Waals surface area contributed by atoms with E-state index in [1.807, 2.05) is 48.2 Å². The third-order valence-corrected chi connectivity index (χ3v) is 5.44. The number of piperazine rings is 1. The third kappa shape index (κ3) is 5.55. The predicted octanol–water partition coefficient (Wildman–Crippen LogP) is 2.86. The van der Waals surface area contributed by atoms with Crippen molar-refractivity contribution in [2.24, 2.45) is 0 Å². The summed E-state index contributed by atoms with van der Waals surface area (Å²) in [5.74, 6) is 0.376. The van der Waals surface area contributed by atoms with Gasteiger partial charge in [-0.2, -0.15) is 0 Å². The maximum absolute atomic E-state index is 13.1. The Morgan fingerprint density at radius 1 is 1.10 bits per heavy atom. The molecule has 2 atom stereocenters. The Morgan fingerprint density at radius 2 is 1.83 bits per heavy atom. The number of aliphatic hydroxyl groups is 1. The second kappa shape index (κ2) is 9.85. The van der Waals surface area contributed by atoms with E-state index >= 15 is 0 Å². The van der Waals surface area contributed by atoms with Crippen molar-refractivity contribution < 1.29 is 19.0 Å². The zero-order valence-electron chi connectivity index (χ0n) is 17.1. The molecular formula is C23H29FN2O3. The van der Waals surface area contributed by atoms with Crippen molar-refractivity contribution in [2.75, 3.05) is 26.3 Å². The Kier molecular flexibility index (Phi) is 7.23. The van der Waals surface area contributed by atoms with Gasteiger partial charge in [-0.1, -0.05) is 30.3 Å². The van der Waals surface area contributed by atoms with Crippen LogP contribution in [0.1, 0.15) is 25.0 Å². The summed E-state index contributed by atoms with van der Waals surface area (Å²) in [6.07, 6.45) is 0.500. The molecule has 6 heteroatoms. The lowest BCUT2D eigenvalue weighted by molar-refractivity contribution is -0.139. The van der Waals surface area contributed by atoms with Gasteiger partial charge in [0.05, 0.1) is 0 Å². The number of halogens is 1. The van der Waals surface area contributed by atoms with Crippen LogP contribution in [-0.4, -0.2) is 59.2 Å². The molecule has 2 aromatic rings. The lowest BCUT2D eigenvalue weighted by Gasteiger charge is -2.44. The summed E-state index contributed by atoms with van der Waals surface area (Å²) in [4.78, 5) is 17.0. The van der Waals surface area contributed by atoms with Gasteiger partial charge in [-0.05, 0) is 49.6 Å². The van der Waals surface area contributed by atoms with Crippen LogP contribution in [-0.2, 0) is 17.8 Å². The topological polar surface area (TPSA) is 53.0 Å². The average molecular weight is 400 g/mol. The van der Waals surface area contributed by atoms with E-state index in [1.54, 1.807) is 0 Å². The number of carbonyl (C=O) groups is 1. The summed E-state index contributed by atoms with van der Waals surface area (Å²) >= 11 is 0. The molecule has 29 heavy (non-hydrogen) atoms. The first-order chi connectivity index (χ1) is 14.0. The quantitative estimate of drug-likeness (QED) is 0.777. The maximum atomic E-state index is 13.1. The molecule has 0 aromatic heterocycles. The lowest BCUT2D eigenvalue weighted by Crippen LogP contribution is -2.58. The van der Waals surface area contributed by atoms with Gasteiger partial charge in [0, 0.05) is 38.3 Å². The molecule has 2 aromatic carbocycles. The van der Waals surface area contributed by atoms with E-state index in [0.717, 1.165) is 24.2 Å². The molecular weight excluding hydrogens is 371 g/mol. The molecule has 0 unspecified atom stereocenters. The lowest BCUT2D eigenvalue weighted by atomic mass is 10.1. The fourth-order valence-electron chi connectivity index (χ4n) is 3.78. The second-order valence-corrected chi connectivity index (χ2v) is 7.67. The summed E-state index contributed by atoms with van der Waals surface area (Å²) < 4.78 is 18.9. The number of amides is 1. The smallest absolute Gasteiger partial charge is 0.260 e.